The zero-order valence-electron chi connectivity index (χ0n) is 13.9. The second-order valence-electron chi connectivity index (χ2n) is 5.48. The summed E-state index contributed by atoms with van der Waals surface area (Å²) >= 11 is 0. The number of alkyl halides is 3. The first-order valence-electron chi connectivity index (χ1n) is 7.42. The number of hydrogen-bond acceptors (Lipinski definition) is 4. The van der Waals surface area contributed by atoms with E-state index in [4.69, 9.17) is 0 Å². The van der Waals surface area contributed by atoms with Crippen LogP contribution in [0.5, 0.6) is 0 Å². The van der Waals surface area contributed by atoms with Gasteiger partial charge in [-0.05, 0) is 48.9 Å². The molecule has 2 aromatic carbocycles. The molecule has 1 atom stereocenters. The van der Waals surface area contributed by atoms with Gasteiger partial charge in [-0.1, -0.05) is 12.1 Å². The van der Waals surface area contributed by atoms with Crippen LogP contribution < -0.4 is 4.72 Å². The molecule has 0 amide bonds. The number of nitrogens with one attached hydrogen (secondary N) is 1. The Kier molecular flexibility index (Phi) is 5.72. The first-order chi connectivity index (χ1) is 12.0. The fraction of sp³-hybridized carbons (Fsp3) is 0.235. The minimum atomic E-state index is -4.46. The largest absolute Gasteiger partial charge is 0.465 e. The molecule has 0 unspecified atom stereocenters. The van der Waals surface area contributed by atoms with Crippen molar-refractivity contribution in [2.24, 2.45) is 0 Å². The minimum Gasteiger partial charge on any atom is -0.465 e. The van der Waals surface area contributed by atoms with Crippen molar-refractivity contribution in [2.45, 2.75) is 24.0 Å². The fourth-order valence-electron chi connectivity index (χ4n) is 2.22. The van der Waals surface area contributed by atoms with E-state index in [2.05, 4.69) is 9.46 Å². The van der Waals surface area contributed by atoms with E-state index >= 15 is 0 Å². The van der Waals surface area contributed by atoms with Crippen LogP contribution in [0.2, 0.25) is 0 Å². The second-order valence-corrected chi connectivity index (χ2v) is 7.19. The van der Waals surface area contributed by atoms with Gasteiger partial charge in [0, 0.05) is 6.04 Å². The highest BCUT2D eigenvalue weighted by Crippen LogP contribution is 2.30. The van der Waals surface area contributed by atoms with Crippen LogP contribution >= 0.6 is 0 Å². The highest BCUT2D eigenvalue weighted by Gasteiger charge is 2.30. The highest BCUT2D eigenvalue weighted by molar-refractivity contribution is 7.89. The van der Waals surface area contributed by atoms with Crippen LogP contribution in [0.3, 0.4) is 0 Å². The Bertz CT molecular complexity index is 876. The predicted molar refractivity (Wildman–Crippen MR) is 88.0 cm³/mol. The van der Waals surface area contributed by atoms with Crippen molar-refractivity contribution in [2.75, 3.05) is 7.11 Å². The van der Waals surface area contributed by atoms with Crippen LogP contribution in [0.4, 0.5) is 13.2 Å². The molecule has 9 heteroatoms. The fourth-order valence-corrected chi connectivity index (χ4v) is 3.45. The maximum absolute atomic E-state index is 12.6. The summed E-state index contributed by atoms with van der Waals surface area (Å²) < 4.78 is 69.4. The van der Waals surface area contributed by atoms with Gasteiger partial charge in [0.2, 0.25) is 10.0 Å². The van der Waals surface area contributed by atoms with E-state index in [-0.39, 0.29) is 10.5 Å². The predicted octanol–water partition coefficient (Wildman–Crippen LogP) is 3.53. The molecule has 0 spiro atoms. The van der Waals surface area contributed by atoms with Crippen LogP contribution in [-0.2, 0) is 20.9 Å². The number of ether oxygens (including phenoxy) is 1. The van der Waals surface area contributed by atoms with E-state index in [1.165, 1.54) is 50.4 Å². The highest BCUT2D eigenvalue weighted by atomic mass is 32.2. The van der Waals surface area contributed by atoms with Crippen molar-refractivity contribution in [1.82, 2.24) is 4.72 Å². The summed E-state index contributed by atoms with van der Waals surface area (Å²) in [5.74, 6) is -0.597. The zero-order chi connectivity index (χ0) is 19.5. The summed E-state index contributed by atoms with van der Waals surface area (Å²) in [4.78, 5) is 11.3. The van der Waals surface area contributed by atoms with Crippen LogP contribution in [0.15, 0.2) is 53.4 Å². The van der Waals surface area contributed by atoms with Crippen molar-refractivity contribution in [3.8, 4) is 0 Å². The van der Waals surface area contributed by atoms with E-state index in [9.17, 15) is 26.4 Å². The first-order valence-corrected chi connectivity index (χ1v) is 8.91. The third-order valence-corrected chi connectivity index (χ3v) is 5.21. The molecular weight excluding hydrogens is 371 g/mol. The van der Waals surface area contributed by atoms with E-state index in [1.54, 1.807) is 0 Å². The van der Waals surface area contributed by atoms with Gasteiger partial charge in [-0.2, -0.15) is 13.2 Å². The van der Waals surface area contributed by atoms with Gasteiger partial charge in [0.1, 0.15) is 0 Å². The minimum absolute atomic E-state index is 0.0797. The molecule has 0 radical (unpaired) electrons. The average molecular weight is 387 g/mol. The van der Waals surface area contributed by atoms with Crippen LogP contribution in [0, 0.1) is 0 Å². The summed E-state index contributed by atoms with van der Waals surface area (Å²) in [5.41, 5.74) is -0.232. The van der Waals surface area contributed by atoms with Crippen molar-refractivity contribution < 1.29 is 31.1 Å². The summed E-state index contributed by atoms with van der Waals surface area (Å²) in [7, 11) is -2.71. The molecule has 2 rings (SSSR count). The zero-order valence-corrected chi connectivity index (χ0v) is 14.7. The van der Waals surface area contributed by atoms with Crippen LogP contribution in [0.1, 0.15) is 34.5 Å². The van der Waals surface area contributed by atoms with Crippen molar-refractivity contribution >= 4 is 16.0 Å². The molecule has 140 valence electrons. The van der Waals surface area contributed by atoms with Gasteiger partial charge in [0.25, 0.3) is 0 Å². The SMILES string of the molecule is COC(=O)c1ccc(S(=O)(=O)N[C@@H](C)c2ccc(C(F)(F)F)cc2)cc1. The molecule has 26 heavy (non-hydrogen) atoms. The second kappa shape index (κ2) is 7.46. The van der Waals surface area contributed by atoms with E-state index in [0.29, 0.717) is 5.56 Å². The van der Waals surface area contributed by atoms with Gasteiger partial charge in [-0.15, -0.1) is 0 Å². The Labute approximate surface area is 148 Å². The van der Waals surface area contributed by atoms with Crippen molar-refractivity contribution in [1.29, 1.82) is 0 Å². The van der Waals surface area contributed by atoms with Crippen molar-refractivity contribution in [3.05, 3.63) is 65.2 Å². The Balaban J connectivity index is 2.16. The van der Waals surface area contributed by atoms with Gasteiger partial charge < -0.3 is 4.74 Å². The number of rotatable bonds is 5. The smallest absolute Gasteiger partial charge is 0.416 e. The molecule has 5 nitrogen and oxygen atoms in total. The molecule has 0 aromatic heterocycles. The maximum atomic E-state index is 12.6. The Morgan fingerprint density at radius 3 is 2.04 bits per heavy atom. The molecule has 0 aliphatic rings. The number of hydrogen-bond donors (Lipinski definition) is 1. The van der Waals surface area contributed by atoms with Gasteiger partial charge >= 0.3 is 12.1 Å². The topological polar surface area (TPSA) is 72.5 Å². The molecule has 0 aliphatic carbocycles. The van der Waals surface area contributed by atoms with Gasteiger partial charge in [0.05, 0.1) is 23.1 Å². The van der Waals surface area contributed by atoms with Crippen molar-refractivity contribution in [3.63, 3.8) is 0 Å². The van der Waals surface area contributed by atoms with Crippen LogP contribution in [-0.4, -0.2) is 21.5 Å². The average Bonchev–Trinajstić information content (AvgIpc) is 2.60. The lowest BCUT2D eigenvalue weighted by Gasteiger charge is -2.16. The molecular formula is C17H16F3NO4S. The van der Waals surface area contributed by atoms with Gasteiger partial charge in [-0.3, -0.25) is 0 Å². The Morgan fingerprint density at radius 2 is 1.58 bits per heavy atom. The lowest BCUT2D eigenvalue weighted by molar-refractivity contribution is -0.137. The number of methoxy groups -OCH3 is 1. The Morgan fingerprint density at radius 1 is 1.04 bits per heavy atom. The molecule has 2 aromatic rings. The maximum Gasteiger partial charge on any atom is 0.416 e. The van der Waals surface area contributed by atoms with Crippen LogP contribution in [0.25, 0.3) is 0 Å². The van der Waals surface area contributed by atoms with E-state index in [0.717, 1.165) is 12.1 Å². The summed E-state index contributed by atoms with van der Waals surface area (Å²) in [5, 5.41) is 0. The number of esters is 1. The Hall–Kier alpha value is -2.39. The lowest BCUT2D eigenvalue weighted by Crippen LogP contribution is -2.27. The normalized spacial score (nSPS) is 13.3. The van der Waals surface area contributed by atoms with Gasteiger partial charge in [0.15, 0.2) is 0 Å². The molecule has 1 N–H and O–H groups in total. The lowest BCUT2D eigenvalue weighted by atomic mass is 10.1. The third kappa shape index (κ3) is 4.61. The number of carbonyl (C=O) groups is 1. The van der Waals surface area contributed by atoms with E-state index < -0.39 is 33.8 Å². The molecule has 0 saturated carbocycles. The first kappa shape index (κ1) is 19.9. The van der Waals surface area contributed by atoms with Gasteiger partial charge in [-0.25, -0.2) is 17.9 Å². The standard InChI is InChI=1S/C17H16F3NO4S/c1-11(12-3-7-14(8-4-12)17(18,19)20)21-26(23,24)15-9-5-13(6-10-15)16(22)25-2/h3-11,21H,1-2H3/t11-/m0/s1. The third-order valence-electron chi connectivity index (χ3n) is 3.66. The number of sulfonamides is 1. The molecule has 0 bridgehead atoms. The summed E-state index contributed by atoms with van der Waals surface area (Å²) in [6.45, 7) is 1.52. The summed E-state index contributed by atoms with van der Waals surface area (Å²) in [6.07, 6.45) is -4.46. The molecule has 0 aliphatic heterocycles. The number of carbonyl (C=O) groups excluding carboxylic acids is 1. The molecule has 0 saturated heterocycles. The molecule has 0 fully saturated rings. The quantitative estimate of drug-likeness (QED) is 0.797. The number of benzene rings is 2. The molecule has 0 heterocycles. The number of halogens is 3. The summed E-state index contributed by atoms with van der Waals surface area (Å²) in [6, 6.07) is 8.58. The monoisotopic (exact) mass is 387 g/mol. The van der Waals surface area contributed by atoms with E-state index in [1.807, 2.05) is 0 Å².